The van der Waals surface area contributed by atoms with Crippen LogP contribution in [0.5, 0.6) is 0 Å². The van der Waals surface area contributed by atoms with Crippen molar-refractivity contribution in [1.29, 1.82) is 0 Å². The van der Waals surface area contributed by atoms with Gasteiger partial charge in [-0.3, -0.25) is 9.59 Å². The highest BCUT2D eigenvalue weighted by molar-refractivity contribution is 6.40. The average molecular weight is 607 g/mol. The van der Waals surface area contributed by atoms with Crippen LogP contribution < -0.4 is 10.6 Å². The molecule has 3 rings (SSSR count). The van der Waals surface area contributed by atoms with Crippen LogP contribution in [0.2, 0.25) is 10.0 Å². The molecule has 0 bridgehead atoms. The number of rotatable bonds is 12. The number of hydrogen-bond acceptors (Lipinski definition) is 5. The first-order valence-electron chi connectivity index (χ1n) is 13.2. The van der Waals surface area contributed by atoms with E-state index in [0.29, 0.717) is 22.8 Å². The molecule has 1 atom stereocenters. The van der Waals surface area contributed by atoms with Gasteiger partial charge < -0.3 is 20.3 Å². The third-order valence-electron chi connectivity index (χ3n) is 6.71. The second-order valence-corrected chi connectivity index (χ2v) is 10.6. The summed E-state index contributed by atoms with van der Waals surface area (Å²) in [7, 11) is 0. The maximum absolute atomic E-state index is 13.2. The van der Waals surface area contributed by atoms with Crippen molar-refractivity contribution in [2.24, 2.45) is 0 Å². The largest absolute Gasteiger partial charge is 0.463 e. The topological polar surface area (TPSA) is 87.7 Å². The SMILES string of the molecule is CCN(CC)CCOC(=O)[C@H](Cc1ccc(NC(=O)c2c(Cl)cccc2Cl)cc1)NC(=O)C1=C(C)CCC=C1Cl. The van der Waals surface area contributed by atoms with Crippen molar-refractivity contribution < 1.29 is 19.1 Å². The minimum absolute atomic E-state index is 0.185. The summed E-state index contributed by atoms with van der Waals surface area (Å²) in [6.07, 6.45) is 3.49. The summed E-state index contributed by atoms with van der Waals surface area (Å²) in [5.41, 5.74) is 2.73. The lowest BCUT2D eigenvalue weighted by atomic mass is 9.97. The number of amides is 2. The van der Waals surface area contributed by atoms with Gasteiger partial charge in [-0.1, -0.05) is 78.5 Å². The molecule has 2 aromatic rings. The lowest BCUT2D eigenvalue weighted by Gasteiger charge is -2.22. The van der Waals surface area contributed by atoms with Gasteiger partial charge in [0.1, 0.15) is 12.6 Å². The highest BCUT2D eigenvalue weighted by Crippen LogP contribution is 2.28. The van der Waals surface area contributed by atoms with E-state index in [9.17, 15) is 14.4 Å². The highest BCUT2D eigenvalue weighted by atomic mass is 35.5. The Bertz CT molecular complexity index is 1270. The van der Waals surface area contributed by atoms with Gasteiger partial charge in [-0.2, -0.15) is 0 Å². The van der Waals surface area contributed by atoms with E-state index in [1.165, 1.54) is 0 Å². The maximum atomic E-state index is 13.2. The summed E-state index contributed by atoms with van der Waals surface area (Å²) in [4.78, 5) is 41.2. The first-order valence-corrected chi connectivity index (χ1v) is 14.4. The number of hydrogen-bond donors (Lipinski definition) is 2. The fraction of sp³-hybridized carbons (Fsp3) is 0.367. The molecule has 214 valence electrons. The zero-order valence-electron chi connectivity index (χ0n) is 22.9. The molecule has 2 amide bonds. The zero-order chi connectivity index (χ0) is 29.2. The van der Waals surface area contributed by atoms with Crippen LogP contribution >= 0.6 is 34.8 Å². The van der Waals surface area contributed by atoms with Crippen molar-refractivity contribution in [3.8, 4) is 0 Å². The lowest BCUT2D eigenvalue weighted by molar-refractivity contribution is -0.147. The van der Waals surface area contributed by atoms with Gasteiger partial charge in [0.25, 0.3) is 11.8 Å². The number of likely N-dealkylation sites (N-methyl/N-ethyl adjacent to an activating group) is 1. The predicted octanol–water partition coefficient (Wildman–Crippen LogP) is 6.39. The maximum Gasteiger partial charge on any atom is 0.329 e. The molecular weight excluding hydrogens is 573 g/mol. The van der Waals surface area contributed by atoms with E-state index >= 15 is 0 Å². The smallest absolute Gasteiger partial charge is 0.329 e. The Hall–Kier alpha value is -2.84. The summed E-state index contributed by atoms with van der Waals surface area (Å²) in [5.74, 6) is -1.38. The Morgan fingerprint density at radius 1 is 0.975 bits per heavy atom. The van der Waals surface area contributed by atoms with Crippen molar-refractivity contribution >= 4 is 58.3 Å². The van der Waals surface area contributed by atoms with Crippen LogP contribution in [0.25, 0.3) is 0 Å². The molecular formula is C30H34Cl3N3O4. The van der Waals surface area contributed by atoms with Gasteiger partial charge in [-0.25, -0.2) is 4.79 Å². The van der Waals surface area contributed by atoms with Crippen LogP contribution in [-0.2, 0) is 20.7 Å². The Balaban J connectivity index is 1.73. The van der Waals surface area contributed by atoms with Gasteiger partial charge in [0, 0.05) is 23.7 Å². The number of ether oxygens (including phenoxy) is 1. The Labute approximate surface area is 250 Å². The van der Waals surface area contributed by atoms with E-state index in [-0.39, 0.29) is 28.6 Å². The van der Waals surface area contributed by atoms with E-state index in [1.54, 1.807) is 42.5 Å². The third-order valence-corrected chi connectivity index (χ3v) is 7.69. The normalized spacial score (nSPS) is 14.0. The molecule has 0 unspecified atom stereocenters. The molecule has 10 heteroatoms. The quantitative estimate of drug-likeness (QED) is 0.273. The summed E-state index contributed by atoms with van der Waals surface area (Å²) in [6.45, 7) is 8.45. The van der Waals surface area contributed by atoms with E-state index in [1.807, 2.05) is 26.8 Å². The predicted molar refractivity (Wildman–Crippen MR) is 161 cm³/mol. The van der Waals surface area contributed by atoms with E-state index < -0.39 is 23.8 Å². The van der Waals surface area contributed by atoms with Crippen molar-refractivity contribution in [1.82, 2.24) is 10.2 Å². The van der Waals surface area contributed by atoms with Crippen LogP contribution in [0.1, 0.15) is 49.5 Å². The molecule has 1 aliphatic rings. The number of benzene rings is 2. The second kappa shape index (κ2) is 15.2. The van der Waals surface area contributed by atoms with Gasteiger partial charge in [0.15, 0.2) is 0 Å². The first kappa shape index (κ1) is 31.7. The molecule has 1 aliphatic carbocycles. The van der Waals surface area contributed by atoms with Crippen molar-refractivity contribution in [2.45, 2.75) is 46.1 Å². The Morgan fingerprint density at radius 2 is 1.62 bits per heavy atom. The fourth-order valence-corrected chi connectivity index (χ4v) is 5.28. The van der Waals surface area contributed by atoms with Crippen LogP contribution in [-0.4, -0.2) is 55.0 Å². The molecule has 2 N–H and O–H groups in total. The summed E-state index contributed by atoms with van der Waals surface area (Å²) in [5, 5.41) is 6.49. The molecule has 0 fully saturated rings. The highest BCUT2D eigenvalue weighted by Gasteiger charge is 2.27. The number of esters is 1. The molecule has 7 nitrogen and oxygen atoms in total. The molecule has 0 heterocycles. The minimum atomic E-state index is -0.932. The second-order valence-electron chi connectivity index (χ2n) is 9.42. The van der Waals surface area contributed by atoms with Gasteiger partial charge in [0.05, 0.1) is 21.2 Å². The molecule has 0 saturated heterocycles. The van der Waals surface area contributed by atoms with Gasteiger partial charge in [-0.15, -0.1) is 0 Å². The monoisotopic (exact) mass is 605 g/mol. The van der Waals surface area contributed by atoms with Crippen LogP contribution in [0.15, 0.2) is 64.7 Å². The van der Waals surface area contributed by atoms with Crippen LogP contribution in [0, 0.1) is 0 Å². The van der Waals surface area contributed by atoms with Gasteiger partial charge >= 0.3 is 5.97 Å². The lowest BCUT2D eigenvalue weighted by Crippen LogP contribution is -2.45. The van der Waals surface area contributed by atoms with E-state index in [2.05, 4.69) is 15.5 Å². The number of nitrogens with one attached hydrogen (secondary N) is 2. The molecule has 0 saturated carbocycles. The van der Waals surface area contributed by atoms with E-state index in [0.717, 1.165) is 37.1 Å². The number of halogens is 3. The number of carbonyl (C=O) groups excluding carboxylic acids is 3. The number of nitrogens with zero attached hydrogens (tertiary/aromatic N) is 1. The standard InChI is InChI=1S/C30H34Cl3N3O4/c1-4-36(5-2)16-17-40-30(39)25(35-28(37)26-19(3)8-6-9-22(26)31)18-20-12-14-21(15-13-20)34-29(38)27-23(32)10-7-11-24(27)33/h7,9-15,25H,4-6,8,16-18H2,1-3H3,(H,34,38)(H,35,37)/t25-/m0/s1. The average Bonchev–Trinajstić information content (AvgIpc) is 2.91. The Morgan fingerprint density at radius 3 is 2.23 bits per heavy atom. The fourth-order valence-electron chi connectivity index (χ4n) is 4.36. The molecule has 0 aromatic heterocycles. The Kier molecular flexibility index (Phi) is 12.1. The van der Waals surface area contributed by atoms with Crippen molar-refractivity contribution in [3.63, 3.8) is 0 Å². The first-order chi connectivity index (χ1) is 19.1. The summed E-state index contributed by atoms with van der Waals surface area (Å²) in [6, 6.07) is 10.9. The summed E-state index contributed by atoms with van der Waals surface area (Å²) >= 11 is 18.6. The summed E-state index contributed by atoms with van der Waals surface area (Å²) < 4.78 is 5.56. The molecule has 0 radical (unpaired) electrons. The number of allylic oxidation sites excluding steroid dienone is 2. The van der Waals surface area contributed by atoms with Crippen LogP contribution in [0.3, 0.4) is 0 Å². The van der Waals surface area contributed by atoms with E-state index in [4.69, 9.17) is 39.5 Å². The van der Waals surface area contributed by atoms with Crippen LogP contribution in [0.4, 0.5) is 5.69 Å². The molecule has 2 aromatic carbocycles. The van der Waals surface area contributed by atoms with Gasteiger partial charge in [0.2, 0.25) is 0 Å². The van der Waals surface area contributed by atoms with Gasteiger partial charge in [-0.05, 0) is 62.7 Å². The van der Waals surface area contributed by atoms with Crippen molar-refractivity contribution in [3.05, 3.63) is 85.9 Å². The van der Waals surface area contributed by atoms with Crippen molar-refractivity contribution in [2.75, 3.05) is 31.6 Å². The molecule has 0 spiro atoms. The number of anilines is 1. The molecule has 0 aliphatic heterocycles. The third kappa shape index (κ3) is 8.58. The zero-order valence-corrected chi connectivity index (χ0v) is 25.1. The number of carbonyl (C=O) groups is 3. The molecule has 40 heavy (non-hydrogen) atoms. The minimum Gasteiger partial charge on any atom is -0.463 e.